The van der Waals surface area contributed by atoms with Crippen molar-refractivity contribution in [3.63, 3.8) is 0 Å². The summed E-state index contributed by atoms with van der Waals surface area (Å²) < 4.78 is 5.50. The minimum atomic E-state index is -0.0837. The molecular weight excluding hydrogens is 292 g/mol. The normalized spacial score (nSPS) is 10.7. The van der Waals surface area contributed by atoms with Crippen LogP contribution in [0.4, 0.5) is 11.9 Å². The third-order valence-corrected chi connectivity index (χ3v) is 3.02. The topological polar surface area (TPSA) is 105 Å². The first-order valence-electron chi connectivity index (χ1n) is 6.64. The summed E-state index contributed by atoms with van der Waals surface area (Å²) in [6.07, 6.45) is -0.0250. The van der Waals surface area contributed by atoms with E-state index in [1.165, 1.54) is 0 Å². The maximum Gasteiger partial charge on any atom is 0.323 e. The number of ether oxygens (including phenoxy) is 1. The number of hydrogen-bond donors (Lipinski definition) is 3. The first kappa shape index (κ1) is 15.2. The summed E-state index contributed by atoms with van der Waals surface area (Å²) in [5.41, 5.74) is 0.779. The van der Waals surface area contributed by atoms with Crippen LogP contribution in [0.3, 0.4) is 0 Å². The Hall–Kier alpha value is -2.16. The Balaban J connectivity index is 2.12. The summed E-state index contributed by atoms with van der Waals surface area (Å²) in [5, 5.41) is 7.82. The number of thiazole rings is 1. The molecule has 0 bridgehead atoms. The molecule has 0 radical (unpaired) electrons. The second-order valence-corrected chi connectivity index (χ2v) is 5.33. The van der Waals surface area contributed by atoms with Crippen LogP contribution in [0.15, 0.2) is 10.2 Å². The summed E-state index contributed by atoms with van der Waals surface area (Å²) >= 11 is 1.12. The first-order chi connectivity index (χ1) is 10.1. The quantitative estimate of drug-likeness (QED) is 0.711. The average Bonchev–Trinajstić information content (AvgIpc) is 2.82. The van der Waals surface area contributed by atoms with Gasteiger partial charge in [-0.1, -0.05) is 11.3 Å². The number of aromatic amines is 1. The van der Waals surface area contributed by atoms with Crippen LogP contribution in [-0.4, -0.2) is 32.6 Å². The van der Waals surface area contributed by atoms with Crippen molar-refractivity contribution >= 4 is 23.2 Å². The smallest absolute Gasteiger partial charge is 0.323 e. The Morgan fingerprint density at radius 1 is 1.29 bits per heavy atom. The third-order valence-electron chi connectivity index (χ3n) is 2.30. The molecule has 0 aliphatic heterocycles. The predicted molar refractivity (Wildman–Crippen MR) is 82.0 cm³/mol. The van der Waals surface area contributed by atoms with Gasteiger partial charge in [-0.2, -0.15) is 15.0 Å². The maximum absolute atomic E-state index is 11.1. The highest BCUT2D eigenvalue weighted by molar-refractivity contribution is 7.07. The van der Waals surface area contributed by atoms with Crippen molar-refractivity contribution in [3.05, 3.63) is 20.7 Å². The lowest BCUT2D eigenvalue weighted by atomic mass is 10.5. The molecule has 2 rings (SSSR count). The monoisotopic (exact) mass is 310 g/mol. The van der Waals surface area contributed by atoms with Crippen LogP contribution < -0.4 is 20.2 Å². The molecule has 3 N–H and O–H groups in total. The van der Waals surface area contributed by atoms with Crippen LogP contribution in [0.1, 0.15) is 26.5 Å². The van der Waals surface area contributed by atoms with Gasteiger partial charge in [0, 0.05) is 17.6 Å². The number of nitrogens with zero attached hydrogens (tertiary/aromatic N) is 3. The van der Waals surface area contributed by atoms with E-state index in [9.17, 15) is 4.79 Å². The summed E-state index contributed by atoms with van der Waals surface area (Å²) in [7, 11) is 0. The Morgan fingerprint density at radius 3 is 2.57 bits per heavy atom. The second kappa shape index (κ2) is 7.02. The van der Waals surface area contributed by atoms with Crippen molar-refractivity contribution in [1.82, 2.24) is 19.9 Å². The van der Waals surface area contributed by atoms with Gasteiger partial charge in [-0.25, -0.2) is 0 Å². The molecule has 0 saturated heterocycles. The largest absolute Gasteiger partial charge is 0.461 e. The van der Waals surface area contributed by atoms with E-state index in [-0.39, 0.29) is 17.0 Å². The molecule has 2 aromatic heterocycles. The third kappa shape index (κ3) is 4.71. The van der Waals surface area contributed by atoms with Crippen molar-refractivity contribution in [2.75, 3.05) is 17.2 Å². The molecule has 0 aliphatic carbocycles. The van der Waals surface area contributed by atoms with E-state index in [2.05, 4.69) is 30.6 Å². The zero-order valence-electron chi connectivity index (χ0n) is 12.1. The average molecular weight is 310 g/mol. The van der Waals surface area contributed by atoms with Crippen LogP contribution in [0.5, 0.6) is 6.01 Å². The molecule has 0 aliphatic rings. The van der Waals surface area contributed by atoms with E-state index in [1.54, 1.807) is 5.38 Å². The van der Waals surface area contributed by atoms with E-state index >= 15 is 0 Å². The highest BCUT2D eigenvalue weighted by atomic mass is 32.1. The SMILES string of the molecule is CCNc1nc(NCc2csc(=O)[nH]2)nc(OC(C)C)n1. The molecule has 2 heterocycles. The standard InChI is InChI=1S/C12H18N6O2S/c1-4-13-9-16-10(18-11(17-9)20-7(2)3)14-5-8-6-21-12(19)15-8/h6-7H,4-5H2,1-3H3,(H,15,19)(H2,13,14,16,17,18). The molecule has 0 saturated carbocycles. The van der Waals surface area contributed by atoms with E-state index in [0.29, 0.717) is 25.0 Å². The van der Waals surface area contributed by atoms with Gasteiger partial charge in [0.15, 0.2) is 0 Å². The van der Waals surface area contributed by atoms with Gasteiger partial charge in [-0.05, 0) is 20.8 Å². The number of rotatable bonds is 7. The van der Waals surface area contributed by atoms with Crippen LogP contribution in [-0.2, 0) is 6.54 Å². The van der Waals surface area contributed by atoms with Gasteiger partial charge in [-0.3, -0.25) is 4.79 Å². The Morgan fingerprint density at radius 2 is 2.00 bits per heavy atom. The Bertz CT molecular complexity index is 639. The first-order valence-corrected chi connectivity index (χ1v) is 7.52. The van der Waals surface area contributed by atoms with Crippen molar-refractivity contribution in [1.29, 1.82) is 0 Å². The van der Waals surface area contributed by atoms with E-state index in [4.69, 9.17) is 4.74 Å². The fraction of sp³-hybridized carbons (Fsp3) is 0.500. The number of anilines is 2. The molecule has 0 amide bonds. The zero-order chi connectivity index (χ0) is 15.2. The lowest BCUT2D eigenvalue weighted by Crippen LogP contribution is -2.14. The fourth-order valence-electron chi connectivity index (χ4n) is 1.51. The van der Waals surface area contributed by atoms with Gasteiger partial charge < -0.3 is 20.4 Å². The van der Waals surface area contributed by atoms with Crippen LogP contribution in [0.2, 0.25) is 0 Å². The van der Waals surface area contributed by atoms with Gasteiger partial charge in [0.1, 0.15) is 0 Å². The molecule has 0 unspecified atom stereocenters. The molecule has 2 aromatic rings. The molecular formula is C12H18N6O2S. The molecule has 0 spiro atoms. The van der Waals surface area contributed by atoms with Crippen LogP contribution in [0.25, 0.3) is 0 Å². The molecule has 9 heteroatoms. The van der Waals surface area contributed by atoms with Crippen molar-refractivity contribution in [2.24, 2.45) is 0 Å². The fourth-order valence-corrected chi connectivity index (χ4v) is 2.09. The van der Waals surface area contributed by atoms with E-state index in [0.717, 1.165) is 17.0 Å². The van der Waals surface area contributed by atoms with Gasteiger partial charge in [0.05, 0.1) is 12.6 Å². The summed E-state index contributed by atoms with van der Waals surface area (Å²) in [6.45, 7) is 6.88. The van der Waals surface area contributed by atoms with Crippen molar-refractivity contribution < 1.29 is 4.74 Å². The van der Waals surface area contributed by atoms with Crippen molar-refractivity contribution in [3.8, 4) is 6.01 Å². The molecule has 114 valence electrons. The number of H-pyrrole nitrogens is 1. The number of hydrogen-bond acceptors (Lipinski definition) is 8. The molecule has 0 fully saturated rings. The van der Waals surface area contributed by atoms with Gasteiger partial charge >= 0.3 is 10.9 Å². The van der Waals surface area contributed by atoms with Gasteiger partial charge in [0.25, 0.3) is 0 Å². The van der Waals surface area contributed by atoms with Crippen molar-refractivity contribution in [2.45, 2.75) is 33.4 Å². The summed E-state index contributed by atoms with van der Waals surface area (Å²) in [6, 6.07) is 0.261. The minimum Gasteiger partial charge on any atom is -0.461 e. The number of aromatic nitrogens is 4. The lowest BCUT2D eigenvalue weighted by molar-refractivity contribution is 0.222. The second-order valence-electron chi connectivity index (χ2n) is 4.49. The summed E-state index contributed by atoms with van der Waals surface area (Å²) in [5.74, 6) is 0.841. The molecule has 8 nitrogen and oxygen atoms in total. The number of nitrogens with one attached hydrogen (secondary N) is 3. The predicted octanol–water partition coefficient (Wildman–Crippen LogP) is 1.45. The minimum absolute atomic E-state index is 0.0250. The lowest BCUT2D eigenvalue weighted by Gasteiger charge is -2.11. The Labute approximate surface area is 126 Å². The molecule has 21 heavy (non-hydrogen) atoms. The van der Waals surface area contributed by atoms with E-state index < -0.39 is 0 Å². The van der Waals surface area contributed by atoms with Crippen LogP contribution >= 0.6 is 11.3 Å². The van der Waals surface area contributed by atoms with Gasteiger partial charge in [0.2, 0.25) is 11.9 Å². The molecule has 0 atom stereocenters. The molecule has 0 aromatic carbocycles. The zero-order valence-corrected chi connectivity index (χ0v) is 13.0. The van der Waals surface area contributed by atoms with E-state index in [1.807, 2.05) is 20.8 Å². The van der Waals surface area contributed by atoms with Crippen LogP contribution in [0, 0.1) is 0 Å². The maximum atomic E-state index is 11.1. The highest BCUT2D eigenvalue weighted by Crippen LogP contribution is 2.13. The summed E-state index contributed by atoms with van der Waals surface area (Å²) in [4.78, 5) is 26.3. The highest BCUT2D eigenvalue weighted by Gasteiger charge is 2.09. The van der Waals surface area contributed by atoms with Gasteiger partial charge in [-0.15, -0.1) is 0 Å². The Kier molecular flexibility index (Phi) is 5.09.